The molecule has 1 aromatic rings. The maximum atomic E-state index is 10.8. The lowest BCUT2D eigenvalue weighted by Gasteiger charge is -2.22. The van der Waals surface area contributed by atoms with Crippen molar-refractivity contribution >= 4 is 5.91 Å². The van der Waals surface area contributed by atoms with E-state index in [9.17, 15) is 4.79 Å². The van der Waals surface area contributed by atoms with Gasteiger partial charge in [-0.05, 0) is 25.8 Å². The Labute approximate surface area is 103 Å². The Morgan fingerprint density at radius 2 is 1.94 bits per heavy atom. The molecular formula is C14H22N2O. The lowest BCUT2D eigenvalue weighted by Crippen LogP contribution is -2.33. The van der Waals surface area contributed by atoms with Gasteiger partial charge in [0.15, 0.2) is 0 Å². The molecule has 0 saturated heterocycles. The maximum absolute atomic E-state index is 10.8. The highest BCUT2D eigenvalue weighted by molar-refractivity contribution is 5.74. The number of carbonyl (C=O) groups is 1. The van der Waals surface area contributed by atoms with Gasteiger partial charge in [0.05, 0.1) is 0 Å². The number of hydrogen-bond donors (Lipinski definition) is 2. The van der Waals surface area contributed by atoms with Gasteiger partial charge in [0, 0.05) is 18.5 Å². The van der Waals surface area contributed by atoms with Gasteiger partial charge in [-0.15, -0.1) is 0 Å². The number of amides is 1. The summed E-state index contributed by atoms with van der Waals surface area (Å²) in [5.74, 6) is -0.260. The number of nitrogens with one attached hydrogen (secondary N) is 1. The average Bonchev–Trinajstić information content (AvgIpc) is 2.26. The van der Waals surface area contributed by atoms with Crippen LogP contribution >= 0.6 is 0 Å². The zero-order valence-electron chi connectivity index (χ0n) is 10.9. The smallest absolute Gasteiger partial charge is 0.218 e. The second-order valence-corrected chi connectivity index (χ2v) is 4.61. The SMILES string of the molecule is CCC(NC(C)CC(N)=O)c1ccc(C)cc1. The van der Waals surface area contributed by atoms with Crippen LogP contribution in [0.3, 0.4) is 0 Å². The van der Waals surface area contributed by atoms with Gasteiger partial charge in [-0.1, -0.05) is 36.8 Å². The van der Waals surface area contributed by atoms with Crippen molar-refractivity contribution in [3.05, 3.63) is 35.4 Å². The molecule has 1 amide bonds. The van der Waals surface area contributed by atoms with E-state index < -0.39 is 0 Å². The highest BCUT2D eigenvalue weighted by Crippen LogP contribution is 2.18. The van der Waals surface area contributed by atoms with E-state index in [2.05, 4.69) is 43.4 Å². The highest BCUT2D eigenvalue weighted by atomic mass is 16.1. The summed E-state index contributed by atoms with van der Waals surface area (Å²) in [7, 11) is 0. The standard InChI is InChI=1S/C14H22N2O/c1-4-13(16-11(3)9-14(15)17)12-7-5-10(2)6-8-12/h5-8,11,13,16H,4,9H2,1-3H3,(H2,15,17). The van der Waals surface area contributed by atoms with Crippen molar-refractivity contribution in [2.24, 2.45) is 5.73 Å². The molecule has 0 aliphatic rings. The molecule has 3 N–H and O–H groups in total. The Kier molecular flexibility index (Phi) is 5.16. The molecule has 2 unspecified atom stereocenters. The first-order valence-corrected chi connectivity index (χ1v) is 6.13. The van der Waals surface area contributed by atoms with Gasteiger partial charge < -0.3 is 11.1 Å². The van der Waals surface area contributed by atoms with Crippen LogP contribution in [0.25, 0.3) is 0 Å². The van der Waals surface area contributed by atoms with Crippen LogP contribution in [0.4, 0.5) is 0 Å². The molecule has 0 fully saturated rings. The predicted octanol–water partition coefficient (Wildman–Crippen LogP) is 2.30. The maximum Gasteiger partial charge on any atom is 0.218 e. The van der Waals surface area contributed by atoms with Gasteiger partial charge in [-0.3, -0.25) is 4.79 Å². The summed E-state index contributed by atoms with van der Waals surface area (Å²) in [6, 6.07) is 8.88. The topological polar surface area (TPSA) is 55.1 Å². The molecule has 1 aromatic carbocycles. The summed E-state index contributed by atoms with van der Waals surface area (Å²) >= 11 is 0. The average molecular weight is 234 g/mol. The highest BCUT2D eigenvalue weighted by Gasteiger charge is 2.13. The third-order valence-electron chi connectivity index (χ3n) is 2.88. The minimum atomic E-state index is -0.260. The van der Waals surface area contributed by atoms with E-state index in [0.29, 0.717) is 6.42 Å². The Hall–Kier alpha value is -1.35. The van der Waals surface area contributed by atoms with Gasteiger partial charge in [0.1, 0.15) is 0 Å². The molecule has 17 heavy (non-hydrogen) atoms. The van der Waals surface area contributed by atoms with Crippen molar-refractivity contribution < 1.29 is 4.79 Å². The number of primary amides is 1. The summed E-state index contributed by atoms with van der Waals surface area (Å²) in [5, 5.41) is 3.43. The first kappa shape index (κ1) is 13.7. The van der Waals surface area contributed by atoms with E-state index in [-0.39, 0.29) is 18.0 Å². The minimum absolute atomic E-state index is 0.110. The molecule has 0 saturated carbocycles. The van der Waals surface area contributed by atoms with Crippen LogP contribution in [0.2, 0.25) is 0 Å². The van der Waals surface area contributed by atoms with Crippen LogP contribution in [0.5, 0.6) is 0 Å². The third kappa shape index (κ3) is 4.57. The lowest BCUT2D eigenvalue weighted by atomic mass is 10.0. The van der Waals surface area contributed by atoms with Crippen molar-refractivity contribution in [2.45, 2.75) is 45.7 Å². The first-order valence-electron chi connectivity index (χ1n) is 6.13. The van der Waals surface area contributed by atoms with E-state index in [1.165, 1.54) is 11.1 Å². The Balaban J connectivity index is 2.65. The van der Waals surface area contributed by atoms with Crippen molar-refractivity contribution in [3.63, 3.8) is 0 Å². The number of carbonyl (C=O) groups excluding carboxylic acids is 1. The lowest BCUT2D eigenvalue weighted by molar-refractivity contribution is -0.118. The fourth-order valence-corrected chi connectivity index (χ4v) is 1.95. The number of benzene rings is 1. The Bertz CT molecular complexity index is 359. The summed E-state index contributed by atoms with van der Waals surface area (Å²) in [6.07, 6.45) is 1.37. The zero-order valence-corrected chi connectivity index (χ0v) is 10.9. The molecule has 0 aliphatic heterocycles. The Morgan fingerprint density at radius 3 is 2.41 bits per heavy atom. The molecule has 3 heteroatoms. The van der Waals surface area contributed by atoms with Crippen LogP contribution in [-0.2, 0) is 4.79 Å². The molecule has 0 spiro atoms. The molecule has 0 heterocycles. The summed E-state index contributed by atoms with van der Waals surface area (Å²) in [6.45, 7) is 6.20. The molecule has 0 aromatic heterocycles. The van der Waals surface area contributed by atoms with Crippen molar-refractivity contribution in [2.75, 3.05) is 0 Å². The van der Waals surface area contributed by atoms with Crippen LogP contribution in [0.1, 0.15) is 43.9 Å². The number of aryl methyl sites for hydroxylation is 1. The number of rotatable bonds is 6. The monoisotopic (exact) mass is 234 g/mol. The molecule has 0 aliphatic carbocycles. The quantitative estimate of drug-likeness (QED) is 0.793. The number of hydrogen-bond acceptors (Lipinski definition) is 2. The third-order valence-corrected chi connectivity index (χ3v) is 2.88. The fraction of sp³-hybridized carbons (Fsp3) is 0.500. The second kappa shape index (κ2) is 6.40. The van der Waals surface area contributed by atoms with Gasteiger partial charge in [0.2, 0.25) is 5.91 Å². The molecular weight excluding hydrogens is 212 g/mol. The zero-order chi connectivity index (χ0) is 12.8. The van der Waals surface area contributed by atoms with Crippen molar-refractivity contribution in [1.82, 2.24) is 5.32 Å². The summed E-state index contributed by atoms with van der Waals surface area (Å²) < 4.78 is 0. The summed E-state index contributed by atoms with van der Waals surface area (Å²) in [5.41, 5.74) is 7.71. The molecule has 2 atom stereocenters. The van der Waals surface area contributed by atoms with E-state index >= 15 is 0 Å². The van der Waals surface area contributed by atoms with Crippen molar-refractivity contribution in [3.8, 4) is 0 Å². The Morgan fingerprint density at radius 1 is 1.35 bits per heavy atom. The van der Waals surface area contributed by atoms with Gasteiger partial charge in [0.25, 0.3) is 0 Å². The van der Waals surface area contributed by atoms with E-state index in [0.717, 1.165) is 6.42 Å². The van der Waals surface area contributed by atoms with Crippen LogP contribution < -0.4 is 11.1 Å². The van der Waals surface area contributed by atoms with E-state index in [4.69, 9.17) is 5.73 Å². The molecule has 94 valence electrons. The number of nitrogens with two attached hydrogens (primary N) is 1. The second-order valence-electron chi connectivity index (χ2n) is 4.61. The van der Waals surface area contributed by atoms with Crippen LogP contribution in [0.15, 0.2) is 24.3 Å². The molecule has 0 bridgehead atoms. The largest absolute Gasteiger partial charge is 0.370 e. The predicted molar refractivity (Wildman–Crippen MR) is 70.6 cm³/mol. The van der Waals surface area contributed by atoms with Crippen molar-refractivity contribution in [1.29, 1.82) is 0 Å². The molecule has 0 radical (unpaired) electrons. The van der Waals surface area contributed by atoms with Crippen LogP contribution in [-0.4, -0.2) is 11.9 Å². The fourth-order valence-electron chi connectivity index (χ4n) is 1.95. The van der Waals surface area contributed by atoms with E-state index in [1.54, 1.807) is 0 Å². The molecule has 3 nitrogen and oxygen atoms in total. The van der Waals surface area contributed by atoms with Gasteiger partial charge in [-0.2, -0.15) is 0 Å². The first-order chi connectivity index (χ1) is 8.02. The molecule has 1 rings (SSSR count). The minimum Gasteiger partial charge on any atom is -0.370 e. The summed E-state index contributed by atoms with van der Waals surface area (Å²) in [4.78, 5) is 10.8. The van der Waals surface area contributed by atoms with E-state index in [1.807, 2.05) is 6.92 Å². The normalized spacial score (nSPS) is 14.3. The van der Waals surface area contributed by atoms with Crippen LogP contribution in [0, 0.1) is 6.92 Å². The van der Waals surface area contributed by atoms with Gasteiger partial charge in [-0.25, -0.2) is 0 Å². The van der Waals surface area contributed by atoms with Gasteiger partial charge >= 0.3 is 0 Å².